The van der Waals surface area contributed by atoms with E-state index in [4.69, 9.17) is 9.40 Å². The van der Waals surface area contributed by atoms with Crippen molar-refractivity contribution in [1.82, 2.24) is 24.3 Å². The molecule has 2 aromatic carbocycles. The van der Waals surface area contributed by atoms with Crippen LogP contribution in [0.15, 0.2) is 65.1 Å². The first-order valence-electron chi connectivity index (χ1n) is 14.4. The second kappa shape index (κ2) is 12.7. The number of carbonyl (C=O) groups is 2. The van der Waals surface area contributed by atoms with Gasteiger partial charge in [-0.15, -0.1) is 0 Å². The summed E-state index contributed by atoms with van der Waals surface area (Å²) >= 11 is 0. The predicted molar refractivity (Wildman–Crippen MR) is 162 cm³/mol. The molecule has 0 saturated carbocycles. The van der Waals surface area contributed by atoms with Gasteiger partial charge in [0.15, 0.2) is 5.76 Å². The highest BCUT2D eigenvalue weighted by Crippen LogP contribution is 2.28. The summed E-state index contributed by atoms with van der Waals surface area (Å²) in [5, 5.41) is 0. The minimum Gasteiger partial charge on any atom is -0.451 e. The van der Waals surface area contributed by atoms with Gasteiger partial charge in [0.25, 0.3) is 5.91 Å². The highest BCUT2D eigenvalue weighted by molar-refractivity contribution is 5.94. The number of aromatic nitrogens is 2. The summed E-state index contributed by atoms with van der Waals surface area (Å²) in [4.78, 5) is 39.3. The summed E-state index contributed by atoms with van der Waals surface area (Å²) < 4.78 is 8.06. The van der Waals surface area contributed by atoms with E-state index in [1.807, 2.05) is 78.0 Å². The number of nitrogens with zero attached hydrogens (tertiary/aromatic N) is 6. The van der Waals surface area contributed by atoms with E-state index in [0.29, 0.717) is 37.6 Å². The van der Waals surface area contributed by atoms with Crippen LogP contribution in [0.1, 0.15) is 36.1 Å². The number of aryl methyl sites for hydroxylation is 1. The van der Waals surface area contributed by atoms with Gasteiger partial charge in [-0.25, -0.2) is 4.98 Å². The molecule has 0 N–H and O–H groups in total. The van der Waals surface area contributed by atoms with Crippen LogP contribution < -0.4 is 4.90 Å². The van der Waals surface area contributed by atoms with Gasteiger partial charge >= 0.3 is 0 Å². The summed E-state index contributed by atoms with van der Waals surface area (Å²) in [6, 6.07) is 19.3. The number of imidazole rings is 1. The minimum atomic E-state index is -0.0704. The number of hydrogen-bond donors (Lipinski definition) is 0. The molecule has 0 unspecified atom stereocenters. The summed E-state index contributed by atoms with van der Waals surface area (Å²) in [6.45, 7) is 7.55. The molecular weight excluding hydrogens is 516 g/mol. The number of para-hydroxylation sites is 2. The third-order valence-electron chi connectivity index (χ3n) is 7.75. The maximum absolute atomic E-state index is 13.2. The quantitative estimate of drug-likeness (QED) is 0.287. The van der Waals surface area contributed by atoms with E-state index < -0.39 is 0 Å². The lowest BCUT2D eigenvalue weighted by Gasteiger charge is -2.34. The Kier molecular flexibility index (Phi) is 8.85. The molecule has 9 nitrogen and oxygen atoms in total. The third kappa shape index (κ3) is 6.52. The number of rotatable bonds is 10. The number of hydrogen-bond acceptors (Lipinski definition) is 6. The molecule has 1 saturated heterocycles. The van der Waals surface area contributed by atoms with E-state index in [2.05, 4.69) is 23.9 Å². The molecule has 0 bridgehead atoms. The number of piperazine rings is 1. The van der Waals surface area contributed by atoms with Crippen molar-refractivity contribution in [2.24, 2.45) is 7.05 Å². The summed E-state index contributed by atoms with van der Waals surface area (Å²) in [5.74, 6) is 1.80. The number of anilines is 1. The zero-order valence-corrected chi connectivity index (χ0v) is 24.5. The van der Waals surface area contributed by atoms with E-state index in [9.17, 15) is 9.59 Å². The molecule has 0 atom stereocenters. The van der Waals surface area contributed by atoms with Crippen molar-refractivity contribution < 1.29 is 14.0 Å². The Morgan fingerprint density at radius 1 is 0.951 bits per heavy atom. The highest BCUT2D eigenvalue weighted by Gasteiger charge is 2.25. The molecule has 0 radical (unpaired) electrons. The van der Waals surface area contributed by atoms with Crippen molar-refractivity contribution in [1.29, 1.82) is 0 Å². The number of likely N-dealkylation sites (N-methyl/N-ethyl adjacent to an activating group) is 1. The van der Waals surface area contributed by atoms with Crippen LogP contribution in [0.25, 0.3) is 22.4 Å². The molecule has 9 heteroatoms. The fourth-order valence-corrected chi connectivity index (χ4v) is 5.24. The van der Waals surface area contributed by atoms with Crippen molar-refractivity contribution in [3.63, 3.8) is 0 Å². The Bertz CT molecular complexity index is 1480. The van der Waals surface area contributed by atoms with Gasteiger partial charge in [-0.3, -0.25) is 14.5 Å². The van der Waals surface area contributed by atoms with Crippen LogP contribution in [0.2, 0.25) is 0 Å². The lowest BCUT2D eigenvalue weighted by Crippen LogP contribution is -2.49. The molecule has 0 spiro atoms. The summed E-state index contributed by atoms with van der Waals surface area (Å²) in [7, 11) is 6.14. The van der Waals surface area contributed by atoms with Crippen LogP contribution >= 0.6 is 0 Å². The SMILES string of the molecule is CCCC(=O)N(Cc1nc2ccccc2n1C)c1ccc(-c2ccc(C(=O)N3CCN(CCN(C)C)CC3)o2)cc1. The summed E-state index contributed by atoms with van der Waals surface area (Å²) in [6.07, 6.45) is 1.23. The average molecular weight is 557 g/mol. The fourth-order valence-electron chi connectivity index (χ4n) is 5.24. The van der Waals surface area contributed by atoms with Gasteiger partial charge in [-0.2, -0.15) is 0 Å². The Hall–Kier alpha value is -3.95. The standard InChI is InChI=1S/C32H40N6O3/c1-5-8-31(39)38(23-30-33-26-9-6-7-10-27(26)35(30)4)25-13-11-24(12-14-25)28-15-16-29(41-28)32(40)37-21-19-36(20-22-37)18-17-34(2)3/h6-7,9-16H,5,8,17-23H2,1-4H3. The third-order valence-corrected chi connectivity index (χ3v) is 7.75. The smallest absolute Gasteiger partial charge is 0.289 e. The number of fused-ring (bicyclic) bond motifs is 1. The number of furan rings is 1. The lowest BCUT2D eigenvalue weighted by atomic mass is 10.1. The van der Waals surface area contributed by atoms with Crippen molar-refractivity contribution in [2.75, 3.05) is 58.3 Å². The van der Waals surface area contributed by atoms with Gasteiger partial charge < -0.3 is 23.7 Å². The van der Waals surface area contributed by atoms with E-state index in [0.717, 1.165) is 60.7 Å². The molecule has 0 aliphatic carbocycles. The van der Waals surface area contributed by atoms with Gasteiger partial charge in [0.1, 0.15) is 11.6 Å². The summed E-state index contributed by atoms with van der Waals surface area (Å²) in [5.41, 5.74) is 3.61. The molecule has 1 aliphatic rings. The normalized spacial score (nSPS) is 14.2. The van der Waals surface area contributed by atoms with Gasteiger partial charge in [0, 0.05) is 64.0 Å². The largest absolute Gasteiger partial charge is 0.451 e. The first-order valence-corrected chi connectivity index (χ1v) is 14.4. The molecule has 4 aromatic rings. The van der Waals surface area contributed by atoms with Crippen molar-refractivity contribution in [3.8, 4) is 11.3 Å². The number of carbonyl (C=O) groups excluding carboxylic acids is 2. The van der Waals surface area contributed by atoms with Gasteiger partial charge in [0.05, 0.1) is 17.6 Å². The Morgan fingerprint density at radius 2 is 1.68 bits per heavy atom. The van der Waals surface area contributed by atoms with Crippen LogP contribution in [0.3, 0.4) is 0 Å². The molecule has 2 amide bonds. The highest BCUT2D eigenvalue weighted by atomic mass is 16.4. The first-order chi connectivity index (χ1) is 19.8. The van der Waals surface area contributed by atoms with Crippen LogP contribution in [0.4, 0.5) is 5.69 Å². The van der Waals surface area contributed by atoms with Gasteiger partial charge in [-0.05, 0) is 69.0 Å². The van der Waals surface area contributed by atoms with Crippen LogP contribution in [0, 0.1) is 0 Å². The molecule has 1 aliphatic heterocycles. The predicted octanol–water partition coefficient (Wildman–Crippen LogP) is 4.49. The topological polar surface area (TPSA) is 78.1 Å². The van der Waals surface area contributed by atoms with Crippen LogP contribution in [-0.2, 0) is 18.4 Å². The minimum absolute atomic E-state index is 0.0556. The van der Waals surface area contributed by atoms with E-state index in [-0.39, 0.29) is 11.8 Å². The van der Waals surface area contributed by atoms with Crippen LogP contribution in [-0.4, -0.2) is 89.4 Å². The maximum atomic E-state index is 13.2. The second-order valence-electron chi connectivity index (χ2n) is 11.0. The second-order valence-corrected chi connectivity index (χ2v) is 11.0. The van der Waals surface area contributed by atoms with Gasteiger partial charge in [-0.1, -0.05) is 19.1 Å². The molecular formula is C32H40N6O3. The zero-order valence-electron chi connectivity index (χ0n) is 24.5. The molecule has 41 heavy (non-hydrogen) atoms. The van der Waals surface area contributed by atoms with Gasteiger partial charge in [0.2, 0.25) is 5.91 Å². The number of benzene rings is 2. The van der Waals surface area contributed by atoms with Crippen molar-refractivity contribution in [3.05, 3.63) is 72.2 Å². The molecule has 3 heterocycles. The zero-order chi connectivity index (χ0) is 28.9. The van der Waals surface area contributed by atoms with E-state index in [1.54, 1.807) is 11.0 Å². The Balaban J connectivity index is 1.27. The van der Waals surface area contributed by atoms with Crippen molar-refractivity contribution >= 4 is 28.5 Å². The average Bonchev–Trinajstić information content (AvgIpc) is 3.60. The van der Waals surface area contributed by atoms with Crippen LogP contribution in [0.5, 0.6) is 0 Å². The monoisotopic (exact) mass is 556 g/mol. The molecule has 5 rings (SSSR count). The first kappa shape index (κ1) is 28.6. The lowest BCUT2D eigenvalue weighted by molar-refractivity contribution is -0.118. The van der Waals surface area contributed by atoms with Crippen molar-refractivity contribution in [2.45, 2.75) is 26.3 Å². The Morgan fingerprint density at radius 3 is 2.37 bits per heavy atom. The Labute approximate surface area is 241 Å². The van der Waals surface area contributed by atoms with E-state index in [1.165, 1.54) is 0 Å². The maximum Gasteiger partial charge on any atom is 0.289 e. The molecule has 216 valence electrons. The molecule has 1 fully saturated rings. The fraction of sp³-hybridized carbons (Fsp3) is 0.406. The van der Waals surface area contributed by atoms with E-state index >= 15 is 0 Å². The molecule has 2 aromatic heterocycles. The number of amides is 2.